The number of carbonyl (C=O) groups excluding carboxylic acids is 2. The van der Waals surface area contributed by atoms with Crippen LogP contribution in [0.1, 0.15) is 26.4 Å². The van der Waals surface area contributed by atoms with Gasteiger partial charge in [0.05, 0.1) is 36.7 Å². The van der Waals surface area contributed by atoms with Crippen molar-refractivity contribution in [2.75, 3.05) is 25.3 Å². The van der Waals surface area contributed by atoms with E-state index < -0.39 is 5.91 Å². The Labute approximate surface area is 189 Å². The van der Waals surface area contributed by atoms with Crippen LogP contribution in [0.5, 0.6) is 11.5 Å². The number of amides is 1. The average Bonchev–Trinajstić information content (AvgIpc) is 3.11. The SMILES string of the molecule is COc1ccc(NC(=O)c2c(N)c(C(=O)c3ccc(Cl)cc3)n3ccccc23)c(OC)c1. The van der Waals surface area contributed by atoms with Crippen LogP contribution in [-0.2, 0) is 0 Å². The van der Waals surface area contributed by atoms with Gasteiger partial charge in [-0.15, -0.1) is 0 Å². The van der Waals surface area contributed by atoms with Crippen LogP contribution < -0.4 is 20.5 Å². The summed E-state index contributed by atoms with van der Waals surface area (Å²) in [7, 11) is 3.04. The molecule has 0 aliphatic heterocycles. The summed E-state index contributed by atoms with van der Waals surface area (Å²) in [4.78, 5) is 26.5. The maximum absolute atomic E-state index is 13.3. The first-order valence-electron chi connectivity index (χ1n) is 9.66. The van der Waals surface area contributed by atoms with Crippen LogP contribution in [0, 0.1) is 0 Å². The number of halogens is 1. The van der Waals surface area contributed by atoms with Gasteiger partial charge >= 0.3 is 0 Å². The van der Waals surface area contributed by atoms with Crippen molar-refractivity contribution in [1.82, 2.24) is 4.40 Å². The third-order valence-electron chi connectivity index (χ3n) is 5.09. The van der Waals surface area contributed by atoms with Crippen molar-refractivity contribution in [3.63, 3.8) is 0 Å². The van der Waals surface area contributed by atoms with E-state index in [1.165, 1.54) is 7.11 Å². The number of nitrogen functional groups attached to an aromatic ring is 1. The maximum atomic E-state index is 13.3. The Morgan fingerprint density at radius 3 is 2.44 bits per heavy atom. The number of nitrogens with zero attached hydrogens (tertiary/aromatic N) is 1. The summed E-state index contributed by atoms with van der Waals surface area (Å²) < 4.78 is 12.2. The molecule has 3 N–H and O–H groups in total. The van der Waals surface area contributed by atoms with E-state index in [2.05, 4.69) is 5.32 Å². The van der Waals surface area contributed by atoms with E-state index in [9.17, 15) is 9.59 Å². The van der Waals surface area contributed by atoms with Gasteiger partial charge in [0.25, 0.3) is 5.91 Å². The van der Waals surface area contributed by atoms with Crippen molar-refractivity contribution in [1.29, 1.82) is 0 Å². The van der Waals surface area contributed by atoms with Gasteiger partial charge in [-0.05, 0) is 48.5 Å². The summed E-state index contributed by atoms with van der Waals surface area (Å²) in [6, 6.07) is 16.8. The molecule has 2 aromatic heterocycles. The Bertz CT molecular complexity index is 1330. The van der Waals surface area contributed by atoms with Crippen molar-refractivity contribution in [2.24, 2.45) is 0 Å². The summed E-state index contributed by atoms with van der Waals surface area (Å²) in [5.74, 6) is 0.230. The quantitative estimate of drug-likeness (QED) is 0.417. The summed E-state index contributed by atoms with van der Waals surface area (Å²) in [5.41, 5.74) is 8.22. The molecule has 32 heavy (non-hydrogen) atoms. The van der Waals surface area contributed by atoms with Crippen LogP contribution in [0.3, 0.4) is 0 Å². The molecule has 0 fully saturated rings. The number of pyridine rings is 1. The van der Waals surface area contributed by atoms with Crippen LogP contribution in [0.4, 0.5) is 11.4 Å². The Morgan fingerprint density at radius 2 is 1.75 bits per heavy atom. The zero-order valence-electron chi connectivity index (χ0n) is 17.4. The minimum absolute atomic E-state index is 0.0844. The largest absolute Gasteiger partial charge is 0.497 e. The Balaban J connectivity index is 1.79. The number of benzene rings is 2. The smallest absolute Gasteiger partial charge is 0.260 e. The lowest BCUT2D eigenvalue weighted by molar-refractivity contribution is 0.102. The van der Waals surface area contributed by atoms with Gasteiger partial charge in [-0.3, -0.25) is 9.59 Å². The molecular formula is C24H20ClN3O4. The van der Waals surface area contributed by atoms with Crippen LogP contribution in [-0.4, -0.2) is 30.3 Å². The highest BCUT2D eigenvalue weighted by molar-refractivity contribution is 6.30. The normalized spacial score (nSPS) is 10.7. The minimum Gasteiger partial charge on any atom is -0.497 e. The Kier molecular flexibility index (Phi) is 5.75. The predicted octanol–water partition coefficient (Wildman–Crippen LogP) is 4.68. The first-order valence-corrected chi connectivity index (χ1v) is 10.0. The molecule has 7 nitrogen and oxygen atoms in total. The molecular weight excluding hydrogens is 430 g/mol. The van der Waals surface area contributed by atoms with Crippen LogP contribution in [0.2, 0.25) is 5.02 Å². The van der Waals surface area contributed by atoms with Crippen molar-refractivity contribution < 1.29 is 19.1 Å². The number of anilines is 2. The van der Waals surface area contributed by atoms with Crippen LogP contribution >= 0.6 is 11.6 Å². The van der Waals surface area contributed by atoms with Crippen LogP contribution in [0.25, 0.3) is 5.52 Å². The molecule has 2 heterocycles. The van der Waals surface area contributed by atoms with Crippen molar-refractivity contribution >= 4 is 40.2 Å². The molecule has 0 atom stereocenters. The topological polar surface area (TPSA) is 95.1 Å². The fraction of sp³-hybridized carbons (Fsp3) is 0.0833. The molecule has 2 aromatic carbocycles. The van der Waals surface area contributed by atoms with Crippen LogP contribution in [0.15, 0.2) is 66.9 Å². The van der Waals surface area contributed by atoms with E-state index in [0.717, 1.165) is 0 Å². The highest BCUT2D eigenvalue weighted by atomic mass is 35.5. The molecule has 0 bridgehead atoms. The maximum Gasteiger partial charge on any atom is 0.260 e. The molecule has 1 amide bonds. The van der Waals surface area contributed by atoms with Gasteiger partial charge in [0.2, 0.25) is 5.78 Å². The number of rotatable bonds is 6. The molecule has 8 heteroatoms. The number of carbonyl (C=O) groups is 2. The third kappa shape index (κ3) is 3.74. The molecule has 0 unspecified atom stereocenters. The molecule has 0 saturated heterocycles. The second-order valence-electron chi connectivity index (χ2n) is 6.95. The summed E-state index contributed by atoms with van der Waals surface area (Å²) in [6.45, 7) is 0. The van der Waals surface area contributed by atoms with E-state index in [1.54, 1.807) is 78.4 Å². The standard InChI is InChI=1S/C24H20ClN3O4/c1-31-16-10-11-17(19(13-16)32-2)27-24(30)20-18-5-3-4-12-28(18)22(21(20)26)23(29)14-6-8-15(25)9-7-14/h3-13H,26H2,1-2H3,(H,27,30). The van der Waals surface area contributed by atoms with Gasteiger partial charge in [0, 0.05) is 22.8 Å². The van der Waals surface area contributed by atoms with E-state index in [4.69, 9.17) is 26.8 Å². The fourth-order valence-corrected chi connectivity index (χ4v) is 3.65. The predicted molar refractivity (Wildman–Crippen MR) is 124 cm³/mol. The molecule has 0 spiro atoms. The Morgan fingerprint density at radius 1 is 1.00 bits per heavy atom. The molecule has 0 saturated carbocycles. The summed E-state index contributed by atoms with van der Waals surface area (Å²) in [5, 5.41) is 3.34. The number of nitrogens with two attached hydrogens (primary N) is 1. The lowest BCUT2D eigenvalue weighted by Crippen LogP contribution is -2.14. The van der Waals surface area contributed by atoms with Crippen molar-refractivity contribution in [3.05, 3.63) is 88.7 Å². The second-order valence-corrected chi connectivity index (χ2v) is 7.39. The van der Waals surface area contributed by atoms with E-state index in [0.29, 0.717) is 33.3 Å². The van der Waals surface area contributed by atoms with Crippen molar-refractivity contribution in [3.8, 4) is 11.5 Å². The highest BCUT2D eigenvalue weighted by Gasteiger charge is 2.26. The fourth-order valence-electron chi connectivity index (χ4n) is 3.52. The molecule has 162 valence electrons. The lowest BCUT2D eigenvalue weighted by atomic mass is 10.1. The number of nitrogens with one attached hydrogen (secondary N) is 1. The monoisotopic (exact) mass is 449 g/mol. The zero-order valence-corrected chi connectivity index (χ0v) is 18.1. The number of fused-ring (bicyclic) bond motifs is 1. The van der Waals surface area contributed by atoms with E-state index in [-0.39, 0.29) is 22.7 Å². The van der Waals surface area contributed by atoms with Crippen molar-refractivity contribution in [2.45, 2.75) is 0 Å². The number of aromatic nitrogens is 1. The molecule has 4 rings (SSSR count). The second kappa shape index (κ2) is 8.64. The molecule has 4 aromatic rings. The van der Waals surface area contributed by atoms with Gasteiger partial charge in [-0.1, -0.05) is 17.7 Å². The number of hydrogen-bond donors (Lipinski definition) is 2. The number of ketones is 1. The number of methoxy groups -OCH3 is 2. The van der Waals surface area contributed by atoms with Gasteiger partial charge in [0.15, 0.2) is 0 Å². The summed E-state index contributed by atoms with van der Waals surface area (Å²) in [6.07, 6.45) is 1.69. The zero-order chi connectivity index (χ0) is 22.8. The number of ether oxygens (including phenoxy) is 2. The molecule has 0 radical (unpaired) electrons. The van der Waals surface area contributed by atoms with Gasteiger partial charge in [-0.2, -0.15) is 0 Å². The van der Waals surface area contributed by atoms with E-state index >= 15 is 0 Å². The van der Waals surface area contributed by atoms with E-state index in [1.807, 2.05) is 0 Å². The van der Waals surface area contributed by atoms with Gasteiger partial charge < -0.3 is 24.9 Å². The summed E-state index contributed by atoms with van der Waals surface area (Å²) >= 11 is 5.94. The molecule has 0 aliphatic rings. The van der Waals surface area contributed by atoms with Gasteiger partial charge in [-0.25, -0.2) is 0 Å². The first-order chi connectivity index (χ1) is 15.4. The minimum atomic E-state index is -0.468. The van der Waals surface area contributed by atoms with Gasteiger partial charge in [0.1, 0.15) is 17.2 Å². The third-order valence-corrected chi connectivity index (χ3v) is 5.34. The first kappa shape index (κ1) is 21.3. The number of hydrogen-bond acceptors (Lipinski definition) is 5. The molecule has 0 aliphatic carbocycles. The Hall–Kier alpha value is -3.97. The highest BCUT2D eigenvalue weighted by Crippen LogP contribution is 2.32. The lowest BCUT2D eigenvalue weighted by Gasteiger charge is -2.11. The average molecular weight is 450 g/mol.